The fraction of sp³-hybridized carbons (Fsp3) is 0.0870. The van der Waals surface area contributed by atoms with Gasteiger partial charge in [-0.15, -0.1) is 0 Å². The topological polar surface area (TPSA) is 94.3 Å². The summed E-state index contributed by atoms with van der Waals surface area (Å²) in [4.78, 5) is 29.3. The Hall–Kier alpha value is -3.71. The Morgan fingerprint density at radius 1 is 1.03 bits per heavy atom. The number of nitrogen functional groups attached to an aromatic ring is 1. The van der Waals surface area contributed by atoms with E-state index >= 15 is 0 Å². The van der Waals surface area contributed by atoms with E-state index in [1.54, 1.807) is 25.1 Å². The highest BCUT2D eigenvalue weighted by Gasteiger charge is 2.20. The lowest BCUT2D eigenvalue weighted by Gasteiger charge is -2.16. The molecule has 7 heteroatoms. The van der Waals surface area contributed by atoms with Gasteiger partial charge >= 0.3 is 5.97 Å². The fourth-order valence-corrected chi connectivity index (χ4v) is 3.82. The zero-order valence-corrected chi connectivity index (χ0v) is 17.0. The molecule has 3 aromatic carbocycles. The lowest BCUT2D eigenvalue weighted by Crippen LogP contribution is -2.30. The molecule has 30 heavy (non-hydrogen) atoms. The normalized spacial score (nSPS) is 11.8. The van der Waals surface area contributed by atoms with Crippen molar-refractivity contribution < 1.29 is 14.3 Å². The average Bonchev–Trinajstić information content (AvgIpc) is 3.13. The Labute approximate surface area is 177 Å². The van der Waals surface area contributed by atoms with E-state index in [2.05, 4.69) is 10.3 Å². The zero-order chi connectivity index (χ0) is 21.1. The van der Waals surface area contributed by atoms with Crippen LogP contribution in [0.15, 0.2) is 72.8 Å². The second-order valence-corrected chi connectivity index (χ2v) is 7.75. The van der Waals surface area contributed by atoms with Crippen LogP contribution in [0.5, 0.6) is 0 Å². The van der Waals surface area contributed by atoms with E-state index in [1.807, 2.05) is 54.6 Å². The number of hydrogen-bond donors (Lipinski definition) is 2. The molecule has 150 valence electrons. The SMILES string of the molecule is CC(OC(=O)c1ccc2nc(N)sc2c1)C(=O)Nc1ccccc1-c1ccccc1. The fourth-order valence-electron chi connectivity index (χ4n) is 3.05. The molecule has 0 bridgehead atoms. The highest BCUT2D eigenvalue weighted by Crippen LogP contribution is 2.28. The number of amides is 1. The lowest BCUT2D eigenvalue weighted by atomic mass is 10.0. The molecule has 0 radical (unpaired) electrons. The molecule has 0 saturated carbocycles. The van der Waals surface area contributed by atoms with E-state index in [-0.39, 0.29) is 0 Å². The van der Waals surface area contributed by atoms with E-state index in [9.17, 15) is 9.59 Å². The monoisotopic (exact) mass is 417 g/mol. The number of rotatable bonds is 5. The van der Waals surface area contributed by atoms with E-state index in [1.165, 1.54) is 11.3 Å². The predicted molar refractivity (Wildman–Crippen MR) is 119 cm³/mol. The summed E-state index contributed by atoms with van der Waals surface area (Å²) >= 11 is 1.29. The first-order valence-electron chi connectivity index (χ1n) is 9.33. The van der Waals surface area contributed by atoms with Gasteiger partial charge in [-0.25, -0.2) is 9.78 Å². The Bertz CT molecular complexity index is 1220. The molecule has 4 rings (SSSR count). The molecule has 0 aliphatic rings. The van der Waals surface area contributed by atoms with Gasteiger partial charge in [-0.1, -0.05) is 59.9 Å². The third kappa shape index (κ3) is 4.16. The third-order valence-corrected chi connectivity index (χ3v) is 5.41. The maximum absolute atomic E-state index is 12.7. The number of esters is 1. The molecule has 1 amide bonds. The Morgan fingerprint density at radius 2 is 1.77 bits per heavy atom. The molecule has 4 aromatic rings. The summed E-state index contributed by atoms with van der Waals surface area (Å²) in [5, 5.41) is 3.29. The van der Waals surface area contributed by atoms with Crippen LogP contribution in [-0.2, 0) is 9.53 Å². The van der Waals surface area contributed by atoms with Crippen molar-refractivity contribution in [2.24, 2.45) is 0 Å². The highest BCUT2D eigenvalue weighted by molar-refractivity contribution is 7.22. The van der Waals surface area contributed by atoms with Crippen molar-refractivity contribution in [3.05, 3.63) is 78.4 Å². The van der Waals surface area contributed by atoms with E-state index in [0.717, 1.165) is 21.3 Å². The molecule has 0 aliphatic heterocycles. The third-order valence-electron chi connectivity index (χ3n) is 4.56. The Balaban J connectivity index is 1.47. The molecular weight excluding hydrogens is 398 g/mol. The van der Waals surface area contributed by atoms with Crippen molar-refractivity contribution in [3.63, 3.8) is 0 Å². The number of nitrogens with two attached hydrogens (primary N) is 1. The molecule has 0 saturated heterocycles. The predicted octanol–water partition coefficient (Wildman–Crippen LogP) is 4.73. The minimum atomic E-state index is -0.969. The van der Waals surface area contributed by atoms with Crippen LogP contribution in [0.2, 0.25) is 0 Å². The largest absolute Gasteiger partial charge is 0.449 e. The van der Waals surface area contributed by atoms with Gasteiger partial charge < -0.3 is 15.8 Å². The molecular formula is C23H19N3O3S. The van der Waals surface area contributed by atoms with Crippen LogP contribution in [0.1, 0.15) is 17.3 Å². The zero-order valence-electron chi connectivity index (χ0n) is 16.2. The molecule has 1 heterocycles. The number of para-hydroxylation sites is 1. The van der Waals surface area contributed by atoms with Gasteiger partial charge in [0.25, 0.3) is 5.91 Å². The molecule has 1 atom stereocenters. The number of thiazole rings is 1. The minimum Gasteiger partial charge on any atom is -0.449 e. The summed E-state index contributed by atoms with van der Waals surface area (Å²) in [7, 11) is 0. The van der Waals surface area contributed by atoms with Gasteiger partial charge in [-0.2, -0.15) is 0 Å². The van der Waals surface area contributed by atoms with Gasteiger partial charge in [-0.05, 0) is 36.8 Å². The molecule has 1 unspecified atom stereocenters. The van der Waals surface area contributed by atoms with E-state index in [0.29, 0.717) is 16.4 Å². The van der Waals surface area contributed by atoms with Crippen LogP contribution in [0.25, 0.3) is 21.3 Å². The highest BCUT2D eigenvalue weighted by atomic mass is 32.1. The van der Waals surface area contributed by atoms with Gasteiger partial charge in [0.2, 0.25) is 0 Å². The molecule has 3 N–H and O–H groups in total. The first-order valence-corrected chi connectivity index (χ1v) is 10.2. The molecule has 0 spiro atoms. The number of aromatic nitrogens is 1. The first kappa shape index (κ1) is 19.6. The second kappa shape index (κ2) is 8.34. The van der Waals surface area contributed by atoms with Crippen molar-refractivity contribution in [3.8, 4) is 11.1 Å². The summed E-state index contributed by atoms with van der Waals surface area (Å²) in [5.74, 6) is -0.988. The molecule has 6 nitrogen and oxygen atoms in total. The summed E-state index contributed by atoms with van der Waals surface area (Å²) in [6.45, 7) is 1.54. The quantitative estimate of drug-likeness (QED) is 0.458. The van der Waals surface area contributed by atoms with Crippen LogP contribution in [-0.4, -0.2) is 23.0 Å². The van der Waals surface area contributed by atoms with Crippen LogP contribution in [0.3, 0.4) is 0 Å². The van der Waals surface area contributed by atoms with Crippen LogP contribution < -0.4 is 11.1 Å². The summed E-state index contributed by atoms with van der Waals surface area (Å²) < 4.78 is 6.16. The maximum Gasteiger partial charge on any atom is 0.338 e. The van der Waals surface area contributed by atoms with E-state index in [4.69, 9.17) is 10.5 Å². The second-order valence-electron chi connectivity index (χ2n) is 6.68. The van der Waals surface area contributed by atoms with Crippen molar-refractivity contribution >= 4 is 44.2 Å². The molecule has 0 aliphatic carbocycles. The van der Waals surface area contributed by atoms with Gasteiger partial charge in [0.05, 0.1) is 15.8 Å². The lowest BCUT2D eigenvalue weighted by molar-refractivity contribution is -0.123. The van der Waals surface area contributed by atoms with Gasteiger partial charge in [-0.3, -0.25) is 4.79 Å². The first-order chi connectivity index (χ1) is 14.5. The number of carbonyl (C=O) groups is 2. The number of benzene rings is 3. The maximum atomic E-state index is 12.7. The van der Waals surface area contributed by atoms with Gasteiger partial charge in [0, 0.05) is 11.3 Å². The number of nitrogens with one attached hydrogen (secondary N) is 1. The van der Waals surface area contributed by atoms with Crippen molar-refractivity contribution in [2.45, 2.75) is 13.0 Å². The number of fused-ring (bicyclic) bond motifs is 1. The number of nitrogens with zero attached hydrogens (tertiary/aromatic N) is 1. The van der Waals surface area contributed by atoms with Crippen LogP contribution in [0.4, 0.5) is 10.8 Å². The standard InChI is InChI=1S/C23H19N3O3S/c1-14(29-22(28)16-11-12-19-20(13-16)30-23(24)26-19)21(27)25-18-10-6-5-9-17(18)15-7-3-2-4-8-15/h2-14H,1H3,(H2,24,26)(H,25,27). The van der Waals surface area contributed by atoms with Gasteiger partial charge in [0.15, 0.2) is 11.2 Å². The molecule has 1 aromatic heterocycles. The summed E-state index contributed by atoms with van der Waals surface area (Å²) in [6.07, 6.45) is -0.969. The smallest absolute Gasteiger partial charge is 0.338 e. The van der Waals surface area contributed by atoms with Crippen LogP contribution >= 0.6 is 11.3 Å². The van der Waals surface area contributed by atoms with Crippen molar-refractivity contribution in [1.29, 1.82) is 0 Å². The average molecular weight is 417 g/mol. The van der Waals surface area contributed by atoms with Crippen molar-refractivity contribution in [2.75, 3.05) is 11.1 Å². The van der Waals surface area contributed by atoms with Gasteiger partial charge in [0.1, 0.15) is 0 Å². The van der Waals surface area contributed by atoms with Crippen LogP contribution in [0, 0.1) is 0 Å². The Kier molecular flexibility index (Phi) is 5.45. The summed E-state index contributed by atoms with van der Waals surface area (Å²) in [5.41, 5.74) is 9.29. The van der Waals surface area contributed by atoms with E-state index < -0.39 is 18.0 Å². The minimum absolute atomic E-state index is 0.343. The molecule has 0 fully saturated rings. The number of ether oxygens (including phenoxy) is 1. The van der Waals surface area contributed by atoms with Crippen molar-refractivity contribution in [1.82, 2.24) is 4.98 Å². The number of carbonyl (C=O) groups excluding carboxylic acids is 2. The number of anilines is 2. The Morgan fingerprint density at radius 3 is 2.57 bits per heavy atom. The summed E-state index contributed by atoms with van der Waals surface area (Å²) in [6, 6.07) is 22.2. The number of hydrogen-bond acceptors (Lipinski definition) is 6.